The zero-order valence-corrected chi connectivity index (χ0v) is 16.9. The molecule has 4 rings (SSSR count). The lowest BCUT2D eigenvalue weighted by molar-refractivity contribution is -0.125. The summed E-state index contributed by atoms with van der Waals surface area (Å²) in [5.41, 5.74) is 1.44. The van der Waals surface area contributed by atoms with Gasteiger partial charge in [-0.05, 0) is 25.3 Å². The van der Waals surface area contributed by atoms with Crippen LogP contribution in [0.4, 0.5) is 17.5 Å². The number of nitrogens with zero attached hydrogens (tertiary/aromatic N) is 5. The van der Waals surface area contributed by atoms with E-state index in [0.717, 1.165) is 36.9 Å². The van der Waals surface area contributed by atoms with Gasteiger partial charge in [0.25, 0.3) is 0 Å². The van der Waals surface area contributed by atoms with Crippen molar-refractivity contribution in [1.29, 1.82) is 0 Å². The molecular formula is C19H23ClN8O. The second kappa shape index (κ2) is 8.12. The second-order valence-electron chi connectivity index (χ2n) is 7.09. The van der Waals surface area contributed by atoms with Crippen LogP contribution in [0.15, 0.2) is 31.2 Å². The van der Waals surface area contributed by atoms with Crippen LogP contribution in [0, 0.1) is 0 Å². The summed E-state index contributed by atoms with van der Waals surface area (Å²) in [5, 5.41) is 12.2. The summed E-state index contributed by atoms with van der Waals surface area (Å²) in [7, 11) is 1.85. The molecule has 0 aromatic carbocycles. The minimum Gasteiger partial charge on any atom is -0.366 e. The topological polar surface area (TPSA) is 104 Å². The Bertz CT molecular complexity index is 1040. The van der Waals surface area contributed by atoms with E-state index in [0.29, 0.717) is 29.0 Å². The third kappa shape index (κ3) is 4.19. The Morgan fingerprint density at radius 2 is 2.24 bits per heavy atom. The van der Waals surface area contributed by atoms with Crippen molar-refractivity contribution in [3.8, 4) is 0 Å². The van der Waals surface area contributed by atoms with E-state index in [4.69, 9.17) is 11.6 Å². The maximum absolute atomic E-state index is 11.9. The summed E-state index contributed by atoms with van der Waals surface area (Å²) in [6, 6.07) is 0.174. The maximum Gasteiger partial charge on any atom is 0.245 e. The van der Waals surface area contributed by atoms with E-state index in [1.807, 2.05) is 18.1 Å². The Kier molecular flexibility index (Phi) is 5.39. The number of hydrogen-bond acceptors (Lipinski definition) is 6. The molecule has 3 N–H and O–H groups in total. The summed E-state index contributed by atoms with van der Waals surface area (Å²) < 4.78 is 1.70. The number of carbonyl (C=O) groups is 1. The normalized spacial score (nSPS) is 17.2. The number of hydrogen-bond donors (Lipinski definition) is 3. The van der Waals surface area contributed by atoms with Gasteiger partial charge in [-0.15, -0.1) is 0 Å². The van der Waals surface area contributed by atoms with Crippen molar-refractivity contribution in [1.82, 2.24) is 29.6 Å². The number of nitrogens with one attached hydrogen (secondary N) is 3. The van der Waals surface area contributed by atoms with Crippen molar-refractivity contribution >= 4 is 46.0 Å². The minimum absolute atomic E-state index is 0.0216. The van der Waals surface area contributed by atoms with Crippen LogP contribution in [0.5, 0.6) is 0 Å². The number of aromatic nitrogens is 5. The van der Waals surface area contributed by atoms with Crippen LogP contribution in [0.25, 0.3) is 11.0 Å². The molecule has 0 radical (unpaired) electrons. The van der Waals surface area contributed by atoms with E-state index in [9.17, 15) is 4.79 Å². The third-order valence-electron chi connectivity index (χ3n) is 5.00. The number of likely N-dealkylation sites (tertiary alicyclic amines) is 1. The van der Waals surface area contributed by atoms with Crippen molar-refractivity contribution in [2.45, 2.75) is 25.3 Å². The molecule has 4 heterocycles. The van der Waals surface area contributed by atoms with Gasteiger partial charge in [-0.25, -0.2) is 0 Å². The number of anilines is 3. The number of aromatic amines is 1. The van der Waals surface area contributed by atoms with Crippen LogP contribution < -0.4 is 10.6 Å². The number of H-pyrrole nitrogens is 1. The van der Waals surface area contributed by atoms with Crippen LogP contribution in [0.2, 0.25) is 5.02 Å². The van der Waals surface area contributed by atoms with Crippen molar-refractivity contribution < 1.29 is 4.79 Å². The number of halogens is 1. The van der Waals surface area contributed by atoms with Crippen LogP contribution >= 0.6 is 11.6 Å². The predicted molar refractivity (Wildman–Crippen MR) is 113 cm³/mol. The molecule has 9 nitrogen and oxygen atoms in total. The maximum atomic E-state index is 11.9. The van der Waals surface area contributed by atoms with Crippen molar-refractivity contribution in [3.05, 3.63) is 36.3 Å². The largest absolute Gasteiger partial charge is 0.366 e. The summed E-state index contributed by atoms with van der Waals surface area (Å²) in [4.78, 5) is 26.0. The van der Waals surface area contributed by atoms with Gasteiger partial charge in [0.15, 0.2) is 0 Å². The van der Waals surface area contributed by atoms with Crippen LogP contribution in [-0.2, 0) is 11.8 Å². The molecule has 10 heteroatoms. The summed E-state index contributed by atoms with van der Waals surface area (Å²) >= 11 is 6.38. The lowest BCUT2D eigenvalue weighted by atomic mass is 10.1. The van der Waals surface area contributed by atoms with E-state index in [-0.39, 0.29) is 11.9 Å². The Morgan fingerprint density at radius 1 is 1.38 bits per heavy atom. The molecule has 0 bridgehead atoms. The monoisotopic (exact) mass is 414 g/mol. The average Bonchev–Trinajstić information content (AvgIpc) is 3.19. The second-order valence-corrected chi connectivity index (χ2v) is 7.49. The van der Waals surface area contributed by atoms with Crippen LogP contribution in [0.3, 0.4) is 0 Å². The fourth-order valence-corrected chi connectivity index (χ4v) is 3.79. The highest BCUT2D eigenvalue weighted by atomic mass is 35.5. The van der Waals surface area contributed by atoms with Crippen LogP contribution in [0.1, 0.15) is 19.3 Å². The number of rotatable bonds is 5. The Morgan fingerprint density at radius 3 is 3.00 bits per heavy atom. The van der Waals surface area contributed by atoms with Gasteiger partial charge in [0.05, 0.1) is 22.3 Å². The van der Waals surface area contributed by atoms with E-state index in [1.165, 1.54) is 6.08 Å². The summed E-state index contributed by atoms with van der Waals surface area (Å²) in [5.74, 6) is 1.09. The van der Waals surface area contributed by atoms with Crippen LogP contribution in [-0.4, -0.2) is 54.7 Å². The Balaban J connectivity index is 1.57. The molecule has 0 aliphatic carbocycles. The van der Waals surface area contributed by atoms with E-state index < -0.39 is 0 Å². The van der Waals surface area contributed by atoms with Gasteiger partial charge in [-0.2, -0.15) is 15.1 Å². The Labute approximate surface area is 173 Å². The van der Waals surface area contributed by atoms with Gasteiger partial charge in [-0.3, -0.25) is 9.48 Å². The summed E-state index contributed by atoms with van der Waals surface area (Å²) in [6.07, 6.45) is 9.29. The first-order valence-corrected chi connectivity index (χ1v) is 9.89. The van der Waals surface area contributed by atoms with Crippen molar-refractivity contribution in [2.75, 3.05) is 23.7 Å². The van der Waals surface area contributed by atoms with Gasteiger partial charge in [0, 0.05) is 38.6 Å². The first kappa shape index (κ1) is 19.3. The SMILES string of the molecule is C=CC(=O)N1CCCC(Nc2nc(Nc3cnn(C)c3)nc3[nH]cc(Cl)c23)CC1. The number of carbonyl (C=O) groups excluding carboxylic acids is 1. The Hall–Kier alpha value is -3.07. The van der Waals surface area contributed by atoms with E-state index >= 15 is 0 Å². The average molecular weight is 415 g/mol. The molecule has 152 valence electrons. The highest BCUT2D eigenvalue weighted by Gasteiger charge is 2.21. The highest BCUT2D eigenvalue weighted by Crippen LogP contribution is 2.31. The number of fused-ring (bicyclic) bond motifs is 1. The number of amides is 1. The molecule has 1 unspecified atom stereocenters. The fourth-order valence-electron chi connectivity index (χ4n) is 3.55. The smallest absolute Gasteiger partial charge is 0.245 e. The van der Waals surface area contributed by atoms with E-state index in [1.54, 1.807) is 17.1 Å². The van der Waals surface area contributed by atoms with Gasteiger partial charge in [-0.1, -0.05) is 18.2 Å². The molecule has 3 aromatic rings. The highest BCUT2D eigenvalue weighted by molar-refractivity contribution is 6.36. The quantitative estimate of drug-likeness (QED) is 0.554. The molecule has 1 atom stereocenters. The molecule has 29 heavy (non-hydrogen) atoms. The molecule has 0 saturated carbocycles. The molecule has 3 aromatic heterocycles. The molecular weight excluding hydrogens is 392 g/mol. The standard InChI is InChI=1S/C19H23ClN8O/c1-3-15(29)28-7-4-5-12(6-8-28)23-18-16-14(20)10-21-17(16)25-19(26-18)24-13-9-22-27(2)11-13/h3,9-12H,1,4-8H2,2H3,(H3,21,23,24,25,26). The first-order chi connectivity index (χ1) is 14.0. The molecule has 1 aliphatic heterocycles. The van der Waals surface area contributed by atoms with Gasteiger partial charge < -0.3 is 20.5 Å². The minimum atomic E-state index is -0.0216. The van der Waals surface area contributed by atoms with Gasteiger partial charge in [0.1, 0.15) is 11.5 Å². The summed E-state index contributed by atoms with van der Waals surface area (Å²) in [6.45, 7) is 5.00. The number of aryl methyl sites for hydroxylation is 1. The fraction of sp³-hybridized carbons (Fsp3) is 0.368. The molecule has 0 spiro atoms. The third-order valence-corrected chi connectivity index (χ3v) is 5.30. The molecule has 1 amide bonds. The van der Waals surface area contributed by atoms with Crippen molar-refractivity contribution in [3.63, 3.8) is 0 Å². The van der Waals surface area contributed by atoms with Crippen molar-refractivity contribution in [2.24, 2.45) is 7.05 Å². The molecule has 1 fully saturated rings. The molecule has 1 aliphatic rings. The lowest BCUT2D eigenvalue weighted by Gasteiger charge is -2.20. The van der Waals surface area contributed by atoms with Gasteiger partial charge >= 0.3 is 0 Å². The predicted octanol–water partition coefficient (Wildman–Crippen LogP) is 3.07. The zero-order chi connectivity index (χ0) is 20.4. The first-order valence-electron chi connectivity index (χ1n) is 9.51. The molecule has 1 saturated heterocycles. The lowest BCUT2D eigenvalue weighted by Crippen LogP contribution is -2.31. The zero-order valence-electron chi connectivity index (χ0n) is 16.2. The van der Waals surface area contributed by atoms with E-state index in [2.05, 4.69) is 37.3 Å². The van der Waals surface area contributed by atoms with Gasteiger partial charge in [0.2, 0.25) is 11.9 Å².